The van der Waals surface area contributed by atoms with Crippen molar-refractivity contribution in [3.63, 3.8) is 0 Å². The SMILES string of the molecule is CC(C)(C)C[C@H](CCCC(=O)C(C)(C)C)C(=O)C(C)(C)C.CC(C)(C)N[C@@H](CCC(=O)C(C)(C)C)C(=O)C(C)(C)C.CC(C)NCc1ccc(C(=O)C(C)(C)C)c(C(=O)C(C)(C)C)c1.CC(C)Nc1cc(C(=O)C(C)(C)C)cc(C(=O)C(C)(C)C)c1. The first-order chi connectivity index (χ1) is 37.9. The molecule has 0 bridgehead atoms. The van der Waals surface area contributed by atoms with Crippen molar-refractivity contribution in [2.45, 2.75) is 304 Å². The van der Waals surface area contributed by atoms with Crippen molar-refractivity contribution in [2.24, 2.45) is 54.7 Å². The Bertz CT molecular complexity index is 2530. The van der Waals surface area contributed by atoms with Crippen LogP contribution >= 0.6 is 0 Å². The van der Waals surface area contributed by atoms with Crippen LogP contribution in [0.25, 0.3) is 0 Å². The number of anilines is 1. The summed E-state index contributed by atoms with van der Waals surface area (Å²) in [5.41, 5.74) is 0.814. The zero-order chi connectivity index (χ0) is 68.7. The topological polar surface area (TPSA) is 173 Å². The highest BCUT2D eigenvalue weighted by atomic mass is 16.2. The number of Topliss-reactive ketones (excluding diaryl/α,β-unsaturated/α-hetero) is 8. The Morgan fingerprint density at radius 1 is 0.407 bits per heavy atom. The van der Waals surface area contributed by atoms with E-state index in [1.54, 1.807) is 6.07 Å². The molecule has 0 aliphatic heterocycles. The van der Waals surface area contributed by atoms with Gasteiger partial charge < -0.3 is 16.0 Å². The maximum atomic E-state index is 12.8. The molecule has 0 radical (unpaired) electrons. The van der Waals surface area contributed by atoms with E-state index < -0.39 is 27.1 Å². The fraction of sp³-hybridized carbons (Fsp3) is 0.733. The molecule has 0 saturated carbocycles. The minimum Gasteiger partial charge on any atom is -0.383 e. The van der Waals surface area contributed by atoms with Crippen LogP contribution in [0.1, 0.15) is 321 Å². The summed E-state index contributed by atoms with van der Waals surface area (Å²) in [6.45, 7) is 67.7. The smallest absolute Gasteiger partial charge is 0.168 e. The first-order valence-corrected chi connectivity index (χ1v) is 31.8. The number of rotatable bonds is 20. The normalized spacial score (nSPS) is 13.7. The molecule has 2 atom stereocenters. The van der Waals surface area contributed by atoms with Gasteiger partial charge in [0.2, 0.25) is 0 Å². The van der Waals surface area contributed by atoms with Crippen molar-refractivity contribution in [1.82, 2.24) is 10.6 Å². The molecule has 2 aromatic rings. The quantitative estimate of drug-likeness (QED) is 0.108. The molecule has 0 saturated heterocycles. The summed E-state index contributed by atoms with van der Waals surface area (Å²) in [5, 5.41) is 10.0. The van der Waals surface area contributed by atoms with Crippen molar-refractivity contribution in [2.75, 3.05) is 5.32 Å². The highest BCUT2D eigenvalue weighted by Crippen LogP contribution is 2.35. The van der Waals surface area contributed by atoms with Gasteiger partial charge in [0.25, 0.3) is 0 Å². The van der Waals surface area contributed by atoms with Gasteiger partial charge in [-0.3, -0.25) is 38.4 Å². The van der Waals surface area contributed by atoms with Gasteiger partial charge in [-0.15, -0.1) is 0 Å². The molecular weight excluding hydrogens is 1070 g/mol. The molecule has 2 aromatic carbocycles. The molecule has 11 heteroatoms. The first kappa shape index (κ1) is 83.6. The average Bonchev–Trinajstić information content (AvgIpc) is 1.96. The summed E-state index contributed by atoms with van der Waals surface area (Å²) in [6, 6.07) is 11.4. The van der Waals surface area contributed by atoms with Gasteiger partial charge in [-0.1, -0.05) is 213 Å². The van der Waals surface area contributed by atoms with Crippen LogP contribution in [0, 0.1) is 54.7 Å². The van der Waals surface area contributed by atoms with Crippen LogP contribution in [0.3, 0.4) is 0 Å². The van der Waals surface area contributed by atoms with Gasteiger partial charge in [0.15, 0.2) is 28.9 Å². The summed E-state index contributed by atoms with van der Waals surface area (Å²) in [6.07, 6.45) is 4.14. The molecule has 0 heterocycles. The molecule has 86 heavy (non-hydrogen) atoms. The number of carbonyl (C=O) groups is 8. The Morgan fingerprint density at radius 2 is 0.802 bits per heavy atom. The van der Waals surface area contributed by atoms with Gasteiger partial charge in [-0.2, -0.15) is 0 Å². The van der Waals surface area contributed by atoms with E-state index in [9.17, 15) is 38.4 Å². The van der Waals surface area contributed by atoms with Crippen LogP contribution in [0.5, 0.6) is 0 Å². The molecule has 11 nitrogen and oxygen atoms in total. The third-order valence-corrected chi connectivity index (χ3v) is 13.8. The van der Waals surface area contributed by atoms with Gasteiger partial charge in [0.1, 0.15) is 17.3 Å². The number of benzene rings is 2. The summed E-state index contributed by atoms with van der Waals surface area (Å²) >= 11 is 0. The predicted molar refractivity (Wildman–Crippen MR) is 364 cm³/mol. The van der Waals surface area contributed by atoms with Crippen LogP contribution in [0.4, 0.5) is 5.69 Å². The molecule has 3 N–H and O–H groups in total. The second-order valence-corrected chi connectivity index (χ2v) is 35.2. The molecular formula is C75H129N3O8. The lowest BCUT2D eigenvalue weighted by atomic mass is 9.73. The lowest BCUT2D eigenvalue weighted by Gasteiger charge is -2.32. The van der Waals surface area contributed by atoms with Crippen LogP contribution in [0.15, 0.2) is 36.4 Å². The molecule has 0 aromatic heterocycles. The van der Waals surface area contributed by atoms with E-state index in [2.05, 4.69) is 50.6 Å². The standard InChI is InChI=1S/C20H31NO2.C19H29NO2.C19H36O2.C17H33NO2/c1-13(2)21-12-14-9-10-15(17(22)19(3,4)5)16(11-14)18(23)20(6,7)8;1-12(2)20-15-10-13(16(21)18(3,4)5)9-14(11-15)17(22)19(6,7)8;1-17(2,3)13-14(16(21)19(7,8)9)11-10-12-15(20)18(4,5)6;1-15(2,3)13(19)11-10-12(18-17(7,8)9)14(20)16(4,5)6/h9-11,13,21H,12H2,1-8H3;9-12,20H,1-8H3;14H,10-13H2,1-9H3;12,18H,10-11H2,1-9H3/t;;14-;12-/m..00/s1. The highest BCUT2D eigenvalue weighted by molar-refractivity contribution is 6.12. The minimum absolute atomic E-state index is 0.00784. The second kappa shape index (κ2) is 32.3. The number of nitrogens with one attached hydrogen (secondary N) is 3. The van der Waals surface area contributed by atoms with Crippen molar-refractivity contribution >= 4 is 52.0 Å². The molecule has 492 valence electrons. The lowest BCUT2D eigenvalue weighted by molar-refractivity contribution is -0.132. The summed E-state index contributed by atoms with van der Waals surface area (Å²) in [4.78, 5) is 100.0. The Hall–Kier alpha value is -4.48. The fourth-order valence-corrected chi connectivity index (χ4v) is 8.92. The summed E-state index contributed by atoms with van der Waals surface area (Å²) in [5.74, 6) is 1.18. The monoisotopic (exact) mass is 1200 g/mol. The van der Waals surface area contributed by atoms with Crippen molar-refractivity contribution in [3.8, 4) is 0 Å². The van der Waals surface area contributed by atoms with E-state index in [1.165, 1.54) is 0 Å². The van der Waals surface area contributed by atoms with Crippen LogP contribution in [-0.4, -0.2) is 69.9 Å². The van der Waals surface area contributed by atoms with Gasteiger partial charge in [-0.05, 0) is 95.5 Å². The average molecular weight is 1200 g/mol. The second-order valence-electron chi connectivity index (χ2n) is 35.2. The maximum absolute atomic E-state index is 12.8. The number of hydrogen-bond donors (Lipinski definition) is 3. The Kier molecular flexibility index (Phi) is 31.4. The Morgan fingerprint density at radius 3 is 1.14 bits per heavy atom. The Labute approximate surface area is 526 Å². The van der Waals surface area contributed by atoms with Gasteiger partial charge in [0, 0.05) is 114 Å². The molecule has 0 aliphatic carbocycles. The van der Waals surface area contributed by atoms with Gasteiger partial charge in [-0.25, -0.2) is 0 Å². The molecule has 0 fully saturated rings. The number of carbonyl (C=O) groups excluding carboxylic acids is 8. The van der Waals surface area contributed by atoms with E-state index in [4.69, 9.17) is 0 Å². The van der Waals surface area contributed by atoms with Gasteiger partial charge in [0.05, 0.1) is 6.04 Å². The van der Waals surface area contributed by atoms with Gasteiger partial charge >= 0.3 is 0 Å². The number of ketones is 8. The fourth-order valence-electron chi connectivity index (χ4n) is 8.92. The molecule has 0 amide bonds. The maximum Gasteiger partial charge on any atom is 0.168 e. The molecule has 0 unspecified atom stereocenters. The van der Waals surface area contributed by atoms with Crippen molar-refractivity contribution in [3.05, 3.63) is 64.2 Å². The van der Waals surface area contributed by atoms with Crippen molar-refractivity contribution < 1.29 is 38.4 Å². The number of hydrogen-bond acceptors (Lipinski definition) is 11. The molecule has 0 aliphatic rings. The zero-order valence-electron chi connectivity index (χ0n) is 61.5. The largest absolute Gasteiger partial charge is 0.383 e. The van der Waals surface area contributed by atoms with E-state index >= 15 is 0 Å². The molecule has 0 spiro atoms. The third-order valence-electron chi connectivity index (χ3n) is 13.8. The highest BCUT2D eigenvalue weighted by Gasteiger charge is 2.36. The van der Waals surface area contributed by atoms with E-state index in [0.717, 1.165) is 30.5 Å². The van der Waals surface area contributed by atoms with Crippen molar-refractivity contribution in [1.29, 1.82) is 0 Å². The lowest BCUT2D eigenvalue weighted by Crippen LogP contribution is -2.51. The zero-order valence-corrected chi connectivity index (χ0v) is 61.5. The first-order valence-electron chi connectivity index (χ1n) is 31.8. The predicted octanol–water partition coefficient (Wildman–Crippen LogP) is 18.8. The summed E-state index contributed by atoms with van der Waals surface area (Å²) < 4.78 is 0. The third kappa shape index (κ3) is 32.7. The van der Waals surface area contributed by atoms with Crippen LogP contribution in [-0.2, 0) is 25.7 Å². The molecule has 2 rings (SSSR count). The minimum atomic E-state index is -0.517. The van der Waals surface area contributed by atoms with E-state index in [0.29, 0.717) is 65.7 Å². The van der Waals surface area contributed by atoms with E-state index in [1.807, 2.05) is 231 Å². The van der Waals surface area contributed by atoms with Crippen LogP contribution < -0.4 is 16.0 Å². The van der Waals surface area contributed by atoms with E-state index in [-0.39, 0.29) is 79.9 Å². The Balaban J connectivity index is 0. The summed E-state index contributed by atoms with van der Waals surface area (Å²) in [7, 11) is 0. The van der Waals surface area contributed by atoms with Crippen LogP contribution in [0.2, 0.25) is 0 Å².